The lowest BCUT2D eigenvalue weighted by molar-refractivity contribution is 0.210. The quantitative estimate of drug-likeness (QED) is 0.654. The van der Waals surface area contributed by atoms with Crippen LogP contribution in [0.3, 0.4) is 0 Å². The van der Waals surface area contributed by atoms with Gasteiger partial charge in [0.2, 0.25) is 0 Å². The van der Waals surface area contributed by atoms with Crippen LogP contribution in [0.4, 0.5) is 10.1 Å². The molecule has 0 fully saturated rings. The predicted octanol–water partition coefficient (Wildman–Crippen LogP) is 1.23. The smallest absolute Gasteiger partial charge is 0.146 e. The Kier molecular flexibility index (Phi) is 2.99. The van der Waals surface area contributed by atoms with E-state index in [1.54, 1.807) is 6.92 Å². The molecule has 0 aromatic heterocycles. The van der Waals surface area contributed by atoms with Crippen molar-refractivity contribution in [1.29, 1.82) is 0 Å². The van der Waals surface area contributed by atoms with Crippen LogP contribution in [0.2, 0.25) is 5.02 Å². The van der Waals surface area contributed by atoms with Gasteiger partial charge in [-0.15, -0.1) is 0 Å². The molecule has 0 heterocycles. The number of hydrogen-bond donors (Lipinski definition) is 3. The Morgan fingerprint density at radius 1 is 1.57 bits per heavy atom. The van der Waals surface area contributed by atoms with E-state index in [4.69, 9.17) is 28.2 Å². The molecule has 0 spiro atoms. The highest BCUT2D eigenvalue weighted by Crippen LogP contribution is 2.29. The van der Waals surface area contributed by atoms with Gasteiger partial charge in [0.05, 0.1) is 17.8 Å². The van der Waals surface area contributed by atoms with Gasteiger partial charge in [0.15, 0.2) is 0 Å². The summed E-state index contributed by atoms with van der Waals surface area (Å²) in [5, 5.41) is 9.25. The van der Waals surface area contributed by atoms with Crippen molar-refractivity contribution in [1.82, 2.24) is 0 Å². The molecule has 0 radical (unpaired) electrons. The fourth-order valence-corrected chi connectivity index (χ4v) is 1.47. The fraction of sp³-hybridized carbons (Fsp3) is 0.333. The first-order chi connectivity index (χ1) is 6.38. The number of halogens is 2. The van der Waals surface area contributed by atoms with Crippen LogP contribution < -0.4 is 11.5 Å². The van der Waals surface area contributed by atoms with Gasteiger partial charge >= 0.3 is 0 Å². The fourth-order valence-electron chi connectivity index (χ4n) is 1.09. The molecule has 0 amide bonds. The number of nitrogen functional groups attached to an aromatic ring is 1. The number of benzene rings is 1. The molecule has 3 nitrogen and oxygen atoms in total. The Hall–Kier alpha value is -0.840. The highest BCUT2D eigenvalue weighted by Gasteiger charge is 2.24. The van der Waals surface area contributed by atoms with E-state index in [-0.39, 0.29) is 17.3 Å². The molecule has 1 atom stereocenters. The van der Waals surface area contributed by atoms with Crippen molar-refractivity contribution in [2.24, 2.45) is 5.73 Å². The lowest BCUT2D eigenvalue weighted by Gasteiger charge is -2.23. The van der Waals surface area contributed by atoms with Gasteiger partial charge in [0.25, 0.3) is 0 Å². The molecule has 0 bridgehead atoms. The molecule has 1 aromatic carbocycles. The Morgan fingerprint density at radius 3 is 2.64 bits per heavy atom. The number of rotatable bonds is 2. The maximum Gasteiger partial charge on any atom is 0.146 e. The molecule has 0 unspecified atom stereocenters. The summed E-state index contributed by atoms with van der Waals surface area (Å²) in [4.78, 5) is 0. The number of nitrogens with two attached hydrogens (primary N) is 2. The zero-order chi connectivity index (χ0) is 10.9. The average molecular weight is 219 g/mol. The lowest BCUT2D eigenvalue weighted by Crippen LogP contribution is -2.37. The van der Waals surface area contributed by atoms with Gasteiger partial charge in [-0.05, 0) is 24.6 Å². The van der Waals surface area contributed by atoms with E-state index in [2.05, 4.69) is 0 Å². The van der Waals surface area contributed by atoms with Crippen LogP contribution >= 0.6 is 11.6 Å². The summed E-state index contributed by atoms with van der Waals surface area (Å²) < 4.78 is 13.1. The third kappa shape index (κ3) is 1.97. The molecule has 0 aliphatic heterocycles. The van der Waals surface area contributed by atoms with Crippen LogP contribution in [-0.4, -0.2) is 11.7 Å². The van der Waals surface area contributed by atoms with Crippen LogP contribution in [-0.2, 0) is 5.54 Å². The maximum atomic E-state index is 13.1. The Balaban J connectivity index is 3.29. The summed E-state index contributed by atoms with van der Waals surface area (Å²) in [5.74, 6) is -0.588. The third-order valence-electron chi connectivity index (χ3n) is 2.03. The first kappa shape index (κ1) is 11.2. The van der Waals surface area contributed by atoms with Crippen molar-refractivity contribution in [2.75, 3.05) is 12.3 Å². The summed E-state index contributed by atoms with van der Waals surface area (Å²) in [5.41, 5.74) is 10.3. The summed E-state index contributed by atoms with van der Waals surface area (Å²) >= 11 is 5.83. The van der Waals surface area contributed by atoms with Gasteiger partial charge in [-0.25, -0.2) is 4.39 Å². The number of hydrogen-bond acceptors (Lipinski definition) is 3. The summed E-state index contributed by atoms with van der Waals surface area (Å²) in [6, 6.07) is 2.43. The molecule has 0 aliphatic carbocycles. The Labute approximate surface area is 86.5 Å². The largest absolute Gasteiger partial charge is 0.396 e. The van der Waals surface area contributed by atoms with E-state index in [0.717, 1.165) is 6.07 Å². The first-order valence-corrected chi connectivity index (χ1v) is 4.41. The highest BCUT2D eigenvalue weighted by molar-refractivity contribution is 6.31. The standard InChI is InChI=1S/C9H12ClFN2O/c1-9(13,4-14)5-2-7(11)8(12)3-6(5)10/h2-3,14H,4,12-13H2,1H3/t9-/m1/s1. The molecule has 1 rings (SSSR count). The average Bonchev–Trinajstić information content (AvgIpc) is 2.11. The number of anilines is 1. The highest BCUT2D eigenvalue weighted by atomic mass is 35.5. The van der Waals surface area contributed by atoms with E-state index in [1.807, 2.05) is 0 Å². The number of aliphatic hydroxyl groups excluding tert-OH is 1. The summed E-state index contributed by atoms with van der Waals surface area (Å²) in [6.07, 6.45) is 0. The second kappa shape index (κ2) is 3.73. The van der Waals surface area contributed by atoms with E-state index < -0.39 is 11.4 Å². The minimum absolute atomic E-state index is 0.0347. The van der Waals surface area contributed by atoms with Crippen LogP contribution in [0.15, 0.2) is 12.1 Å². The van der Waals surface area contributed by atoms with Crippen LogP contribution in [0.5, 0.6) is 0 Å². The van der Waals surface area contributed by atoms with Gasteiger partial charge in [-0.2, -0.15) is 0 Å². The molecule has 0 saturated carbocycles. The van der Waals surface area contributed by atoms with Gasteiger partial charge in [0, 0.05) is 5.02 Å². The van der Waals surface area contributed by atoms with Crippen molar-refractivity contribution < 1.29 is 9.50 Å². The molecular weight excluding hydrogens is 207 g/mol. The zero-order valence-corrected chi connectivity index (χ0v) is 8.48. The monoisotopic (exact) mass is 218 g/mol. The normalized spacial score (nSPS) is 15.2. The molecule has 0 saturated heterocycles. The number of aliphatic hydroxyl groups is 1. The molecule has 5 N–H and O–H groups in total. The van der Waals surface area contributed by atoms with E-state index in [0.29, 0.717) is 5.56 Å². The van der Waals surface area contributed by atoms with Gasteiger partial charge in [-0.3, -0.25) is 0 Å². The second-order valence-electron chi connectivity index (χ2n) is 3.43. The molecular formula is C9H12ClFN2O. The topological polar surface area (TPSA) is 72.3 Å². The van der Waals surface area contributed by atoms with Crippen molar-refractivity contribution in [3.05, 3.63) is 28.5 Å². The molecule has 78 valence electrons. The van der Waals surface area contributed by atoms with Gasteiger partial charge < -0.3 is 16.6 Å². The van der Waals surface area contributed by atoms with E-state index >= 15 is 0 Å². The predicted molar refractivity (Wildman–Crippen MR) is 54.4 cm³/mol. The van der Waals surface area contributed by atoms with Crippen LogP contribution in [0.25, 0.3) is 0 Å². The van der Waals surface area contributed by atoms with Crippen molar-refractivity contribution in [2.45, 2.75) is 12.5 Å². The molecule has 0 aliphatic rings. The first-order valence-electron chi connectivity index (χ1n) is 4.03. The van der Waals surface area contributed by atoms with E-state index in [1.165, 1.54) is 6.07 Å². The minimum Gasteiger partial charge on any atom is -0.396 e. The van der Waals surface area contributed by atoms with Crippen LogP contribution in [0.1, 0.15) is 12.5 Å². The third-order valence-corrected chi connectivity index (χ3v) is 2.34. The summed E-state index contributed by atoms with van der Waals surface area (Å²) in [7, 11) is 0. The Bertz CT molecular complexity index is 355. The molecule has 14 heavy (non-hydrogen) atoms. The second-order valence-corrected chi connectivity index (χ2v) is 3.84. The minimum atomic E-state index is -1.06. The van der Waals surface area contributed by atoms with Crippen molar-refractivity contribution in [3.63, 3.8) is 0 Å². The summed E-state index contributed by atoms with van der Waals surface area (Å²) in [6.45, 7) is 1.24. The lowest BCUT2D eigenvalue weighted by atomic mass is 9.94. The van der Waals surface area contributed by atoms with Crippen LogP contribution in [0, 0.1) is 5.82 Å². The molecule has 1 aromatic rings. The van der Waals surface area contributed by atoms with Gasteiger partial charge in [0.1, 0.15) is 5.82 Å². The maximum absolute atomic E-state index is 13.1. The SMILES string of the molecule is C[C@@](N)(CO)c1cc(F)c(N)cc1Cl. The van der Waals surface area contributed by atoms with E-state index in [9.17, 15) is 4.39 Å². The van der Waals surface area contributed by atoms with Gasteiger partial charge in [-0.1, -0.05) is 11.6 Å². The Morgan fingerprint density at radius 2 is 2.14 bits per heavy atom. The zero-order valence-electron chi connectivity index (χ0n) is 7.72. The van der Waals surface area contributed by atoms with Crippen molar-refractivity contribution >= 4 is 17.3 Å². The van der Waals surface area contributed by atoms with Crippen molar-refractivity contribution in [3.8, 4) is 0 Å². The molecule has 5 heteroatoms.